The van der Waals surface area contributed by atoms with Crippen LogP contribution in [-0.2, 0) is 9.47 Å². The Bertz CT molecular complexity index is 776. The third-order valence-corrected chi connectivity index (χ3v) is 4.61. The Labute approximate surface area is 123 Å². The molecule has 0 aromatic heterocycles. The zero-order valence-corrected chi connectivity index (χ0v) is 12.3. The van der Waals surface area contributed by atoms with Gasteiger partial charge < -0.3 is 9.47 Å². The average Bonchev–Trinajstić information content (AvgIpc) is 3.03. The molecule has 0 aliphatic carbocycles. The maximum Gasteiger partial charge on any atom is 0.337 e. The second-order valence-electron chi connectivity index (χ2n) is 5.80. The Hall–Kier alpha value is -2.13. The lowest BCUT2D eigenvalue weighted by atomic mass is 9.83. The summed E-state index contributed by atoms with van der Waals surface area (Å²) in [6.45, 7) is 4.25. The summed E-state index contributed by atoms with van der Waals surface area (Å²) in [5.74, 6) is -0.305. The Morgan fingerprint density at radius 1 is 0.952 bits per heavy atom. The Balaban J connectivity index is 1.85. The predicted octanol–water partition coefficient (Wildman–Crippen LogP) is 3.61. The lowest BCUT2D eigenvalue weighted by Gasteiger charge is -2.18. The standard InChI is InChI=1S/C18H16O3/c1-9-6-13-14(7-10(9)2)17-15-8-11(18(19)20-3)4-5-12(15)16(13)21-17/h4-8,16-17H,1-3H3. The normalized spacial score (nSPS) is 21.1. The fraction of sp³-hybridized carbons (Fsp3) is 0.278. The first-order chi connectivity index (χ1) is 10.1. The third kappa shape index (κ3) is 1.61. The molecule has 0 saturated heterocycles. The molecule has 2 aliphatic rings. The van der Waals surface area contributed by atoms with Crippen molar-refractivity contribution in [1.82, 2.24) is 0 Å². The summed E-state index contributed by atoms with van der Waals surface area (Å²) >= 11 is 0. The van der Waals surface area contributed by atoms with E-state index in [-0.39, 0.29) is 18.2 Å². The van der Waals surface area contributed by atoms with Gasteiger partial charge in [0, 0.05) is 0 Å². The highest BCUT2D eigenvalue weighted by molar-refractivity contribution is 5.90. The second kappa shape index (κ2) is 4.18. The van der Waals surface area contributed by atoms with Gasteiger partial charge in [0.25, 0.3) is 0 Å². The van der Waals surface area contributed by atoms with E-state index >= 15 is 0 Å². The van der Waals surface area contributed by atoms with Crippen molar-refractivity contribution < 1.29 is 14.3 Å². The summed E-state index contributed by atoms with van der Waals surface area (Å²) in [5, 5.41) is 0. The van der Waals surface area contributed by atoms with Crippen LogP contribution >= 0.6 is 0 Å². The largest absolute Gasteiger partial charge is 0.465 e. The summed E-state index contributed by atoms with van der Waals surface area (Å²) in [4.78, 5) is 11.7. The van der Waals surface area contributed by atoms with Gasteiger partial charge in [-0.25, -0.2) is 4.79 Å². The minimum Gasteiger partial charge on any atom is -0.465 e. The van der Waals surface area contributed by atoms with Crippen LogP contribution < -0.4 is 0 Å². The van der Waals surface area contributed by atoms with Crippen LogP contribution in [0.2, 0.25) is 0 Å². The second-order valence-corrected chi connectivity index (χ2v) is 5.80. The van der Waals surface area contributed by atoms with Gasteiger partial charge in [0.2, 0.25) is 0 Å². The highest BCUT2D eigenvalue weighted by Crippen LogP contribution is 2.54. The SMILES string of the molecule is COC(=O)c1ccc2c(c1)C1OC2c2cc(C)c(C)cc21. The number of ether oxygens (including phenoxy) is 2. The molecule has 0 amide bonds. The molecule has 0 saturated carbocycles. The number of aryl methyl sites for hydroxylation is 2. The van der Waals surface area contributed by atoms with E-state index in [1.165, 1.54) is 34.9 Å². The van der Waals surface area contributed by atoms with Crippen LogP contribution in [0.3, 0.4) is 0 Å². The summed E-state index contributed by atoms with van der Waals surface area (Å²) in [6, 6.07) is 10.2. The summed E-state index contributed by atoms with van der Waals surface area (Å²) in [5.41, 5.74) is 7.91. The van der Waals surface area contributed by atoms with Crippen molar-refractivity contribution in [2.45, 2.75) is 26.1 Å². The molecule has 2 aliphatic heterocycles. The molecule has 2 heterocycles. The Morgan fingerprint density at radius 2 is 1.52 bits per heavy atom. The van der Waals surface area contributed by atoms with Gasteiger partial charge in [0.1, 0.15) is 12.2 Å². The minimum atomic E-state index is -0.305. The summed E-state index contributed by atoms with van der Waals surface area (Å²) in [6.07, 6.45) is -0.0464. The number of hydrogen-bond donors (Lipinski definition) is 0. The number of carbonyl (C=O) groups is 1. The van der Waals surface area contributed by atoms with Gasteiger partial charge in [0.15, 0.2) is 0 Å². The molecule has 2 bridgehead atoms. The van der Waals surface area contributed by atoms with Crippen molar-refractivity contribution in [3.63, 3.8) is 0 Å². The summed E-state index contributed by atoms with van der Waals surface area (Å²) in [7, 11) is 1.40. The lowest BCUT2D eigenvalue weighted by Crippen LogP contribution is -2.07. The molecule has 3 nitrogen and oxygen atoms in total. The van der Waals surface area contributed by atoms with Crippen LogP contribution in [0.1, 0.15) is 55.9 Å². The molecule has 4 rings (SSSR count). The maximum atomic E-state index is 11.7. The molecule has 0 radical (unpaired) electrons. The van der Waals surface area contributed by atoms with Gasteiger partial charge in [-0.1, -0.05) is 18.2 Å². The smallest absolute Gasteiger partial charge is 0.337 e. The molecule has 0 fully saturated rings. The van der Waals surface area contributed by atoms with Gasteiger partial charge in [-0.3, -0.25) is 0 Å². The molecular weight excluding hydrogens is 264 g/mol. The van der Waals surface area contributed by atoms with Crippen molar-refractivity contribution in [1.29, 1.82) is 0 Å². The monoisotopic (exact) mass is 280 g/mol. The topological polar surface area (TPSA) is 35.5 Å². The molecular formula is C18H16O3. The quantitative estimate of drug-likeness (QED) is 0.749. The first kappa shape index (κ1) is 12.6. The number of hydrogen-bond acceptors (Lipinski definition) is 3. The van der Waals surface area contributed by atoms with Crippen molar-refractivity contribution >= 4 is 5.97 Å². The van der Waals surface area contributed by atoms with E-state index in [1.807, 2.05) is 18.2 Å². The van der Waals surface area contributed by atoms with E-state index in [2.05, 4.69) is 26.0 Å². The number of esters is 1. The molecule has 2 unspecified atom stereocenters. The molecule has 0 spiro atoms. The van der Waals surface area contributed by atoms with Crippen molar-refractivity contribution in [2.24, 2.45) is 0 Å². The van der Waals surface area contributed by atoms with Crippen LogP contribution in [0.15, 0.2) is 30.3 Å². The molecule has 2 aromatic rings. The number of fused-ring (bicyclic) bond motifs is 8. The van der Waals surface area contributed by atoms with Gasteiger partial charge in [-0.05, 0) is 59.4 Å². The average molecular weight is 280 g/mol. The van der Waals surface area contributed by atoms with Gasteiger partial charge in [-0.15, -0.1) is 0 Å². The van der Waals surface area contributed by atoms with Crippen molar-refractivity contribution in [3.8, 4) is 0 Å². The number of rotatable bonds is 1. The van der Waals surface area contributed by atoms with E-state index in [0.717, 1.165) is 5.56 Å². The van der Waals surface area contributed by atoms with E-state index in [9.17, 15) is 4.79 Å². The Morgan fingerprint density at radius 3 is 2.14 bits per heavy atom. The zero-order valence-electron chi connectivity index (χ0n) is 12.3. The lowest BCUT2D eigenvalue weighted by molar-refractivity contribution is 0.0600. The maximum absolute atomic E-state index is 11.7. The number of benzene rings is 2. The third-order valence-electron chi connectivity index (χ3n) is 4.61. The van der Waals surface area contributed by atoms with Crippen LogP contribution in [0.4, 0.5) is 0 Å². The first-order valence-electron chi connectivity index (χ1n) is 7.09. The molecule has 2 atom stereocenters. The van der Waals surface area contributed by atoms with Gasteiger partial charge >= 0.3 is 5.97 Å². The first-order valence-corrected chi connectivity index (χ1v) is 7.09. The van der Waals surface area contributed by atoms with E-state index in [0.29, 0.717) is 5.56 Å². The molecule has 3 heteroatoms. The molecule has 0 N–H and O–H groups in total. The van der Waals surface area contributed by atoms with E-state index in [1.54, 1.807) is 0 Å². The number of carbonyl (C=O) groups excluding carboxylic acids is 1. The van der Waals surface area contributed by atoms with Crippen molar-refractivity contribution in [2.75, 3.05) is 7.11 Å². The van der Waals surface area contributed by atoms with Crippen molar-refractivity contribution in [3.05, 3.63) is 69.3 Å². The highest BCUT2D eigenvalue weighted by atomic mass is 16.5. The van der Waals surface area contributed by atoms with Gasteiger partial charge in [-0.2, -0.15) is 0 Å². The van der Waals surface area contributed by atoms with Gasteiger partial charge in [0.05, 0.1) is 12.7 Å². The van der Waals surface area contributed by atoms with Crippen LogP contribution in [0, 0.1) is 13.8 Å². The molecule has 21 heavy (non-hydrogen) atoms. The van der Waals surface area contributed by atoms with Crippen LogP contribution in [0.25, 0.3) is 0 Å². The Kier molecular flexibility index (Phi) is 2.51. The molecule has 106 valence electrons. The minimum absolute atomic E-state index is 0.00555. The number of methoxy groups -OCH3 is 1. The van der Waals surface area contributed by atoms with Crippen LogP contribution in [0.5, 0.6) is 0 Å². The van der Waals surface area contributed by atoms with E-state index in [4.69, 9.17) is 9.47 Å². The molecule has 2 aromatic carbocycles. The fourth-order valence-electron chi connectivity index (χ4n) is 3.36. The fourth-order valence-corrected chi connectivity index (χ4v) is 3.36. The van der Waals surface area contributed by atoms with Crippen LogP contribution in [-0.4, -0.2) is 13.1 Å². The summed E-state index contributed by atoms with van der Waals surface area (Å²) < 4.78 is 10.9. The highest BCUT2D eigenvalue weighted by Gasteiger charge is 2.43. The predicted molar refractivity (Wildman–Crippen MR) is 78.5 cm³/mol. The zero-order chi connectivity index (χ0) is 14.7. The van der Waals surface area contributed by atoms with E-state index < -0.39 is 0 Å².